The van der Waals surface area contributed by atoms with Gasteiger partial charge in [-0.05, 0) is 5.56 Å². The Kier molecular flexibility index (Phi) is 3.31. The van der Waals surface area contributed by atoms with Crippen molar-refractivity contribution in [1.82, 2.24) is 10.1 Å². The zero-order valence-corrected chi connectivity index (χ0v) is 9.26. The maximum absolute atomic E-state index is 5.54. The number of hydrogen-bond donors (Lipinski definition) is 1. The molecule has 2 aromatic rings. The summed E-state index contributed by atoms with van der Waals surface area (Å²) in [6.07, 6.45) is 0.672. The van der Waals surface area contributed by atoms with E-state index in [2.05, 4.69) is 10.1 Å². The number of nitrogens with zero attached hydrogens (tertiary/aromatic N) is 2. The molecule has 1 heterocycles. The molecule has 0 amide bonds. The maximum atomic E-state index is 5.54. The molecule has 16 heavy (non-hydrogen) atoms. The van der Waals surface area contributed by atoms with Gasteiger partial charge in [0.1, 0.15) is 0 Å². The second-order valence-electron chi connectivity index (χ2n) is 3.85. The average Bonchev–Trinajstić information content (AvgIpc) is 2.78. The lowest BCUT2D eigenvalue weighted by molar-refractivity contribution is 0.376. The molecule has 1 unspecified atom stereocenters. The molecule has 0 radical (unpaired) electrons. The van der Waals surface area contributed by atoms with Crippen molar-refractivity contribution < 1.29 is 4.52 Å². The summed E-state index contributed by atoms with van der Waals surface area (Å²) < 4.78 is 5.17. The number of hydrogen-bond acceptors (Lipinski definition) is 4. The van der Waals surface area contributed by atoms with E-state index < -0.39 is 0 Å². The molecule has 0 spiro atoms. The summed E-state index contributed by atoms with van der Waals surface area (Å²) in [5.74, 6) is 1.48. The van der Waals surface area contributed by atoms with Crippen LogP contribution in [0.4, 0.5) is 0 Å². The van der Waals surface area contributed by atoms with Crippen LogP contribution in [0.2, 0.25) is 0 Å². The van der Waals surface area contributed by atoms with Crippen molar-refractivity contribution in [2.24, 2.45) is 5.73 Å². The van der Waals surface area contributed by atoms with Crippen molar-refractivity contribution in [3.8, 4) is 0 Å². The Balaban J connectivity index is 2.09. The molecule has 0 fully saturated rings. The molecule has 0 aliphatic rings. The van der Waals surface area contributed by atoms with E-state index in [9.17, 15) is 0 Å². The van der Waals surface area contributed by atoms with Crippen LogP contribution in [0.1, 0.15) is 30.1 Å². The van der Waals surface area contributed by atoms with Gasteiger partial charge in [0.15, 0.2) is 5.82 Å². The lowest BCUT2D eigenvalue weighted by atomic mass is 10.1. The van der Waals surface area contributed by atoms with Crippen LogP contribution in [0, 0.1) is 0 Å². The van der Waals surface area contributed by atoms with E-state index >= 15 is 0 Å². The van der Waals surface area contributed by atoms with Crippen LogP contribution in [0.3, 0.4) is 0 Å². The fourth-order valence-electron chi connectivity index (χ4n) is 1.42. The predicted molar refractivity (Wildman–Crippen MR) is 61.0 cm³/mol. The first-order chi connectivity index (χ1) is 7.79. The van der Waals surface area contributed by atoms with Crippen molar-refractivity contribution in [2.75, 3.05) is 6.54 Å². The Labute approximate surface area is 94.5 Å². The minimum absolute atomic E-state index is 0.147. The summed E-state index contributed by atoms with van der Waals surface area (Å²) >= 11 is 0. The highest BCUT2D eigenvalue weighted by molar-refractivity contribution is 5.18. The van der Waals surface area contributed by atoms with Gasteiger partial charge in [0.2, 0.25) is 5.89 Å². The van der Waals surface area contributed by atoms with Gasteiger partial charge in [-0.2, -0.15) is 4.98 Å². The van der Waals surface area contributed by atoms with E-state index in [1.165, 1.54) is 0 Å². The minimum Gasteiger partial charge on any atom is -0.339 e. The summed E-state index contributed by atoms with van der Waals surface area (Å²) in [4.78, 5) is 4.32. The smallest absolute Gasteiger partial charge is 0.231 e. The van der Waals surface area contributed by atoms with Crippen LogP contribution in [0.25, 0.3) is 0 Å². The molecule has 1 aromatic carbocycles. The molecule has 2 rings (SSSR count). The van der Waals surface area contributed by atoms with E-state index in [0.717, 1.165) is 5.56 Å². The van der Waals surface area contributed by atoms with Crippen LogP contribution < -0.4 is 5.73 Å². The second-order valence-corrected chi connectivity index (χ2v) is 3.85. The number of aromatic nitrogens is 2. The number of benzene rings is 1. The summed E-state index contributed by atoms with van der Waals surface area (Å²) in [5.41, 5.74) is 6.71. The van der Waals surface area contributed by atoms with Crippen molar-refractivity contribution in [3.63, 3.8) is 0 Å². The highest BCUT2D eigenvalue weighted by Gasteiger charge is 2.12. The van der Waals surface area contributed by atoms with E-state index in [1.54, 1.807) is 0 Å². The summed E-state index contributed by atoms with van der Waals surface area (Å²) in [5, 5.41) is 3.92. The summed E-state index contributed by atoms with van der Waals surface area (Å²) in [7, 11) is 0. The first-order valence-corrected chi connectivity index (χ1v) is 5.36. The molecular formula is C12H15N3O. The largest absolute Gasteiger partial charge is 0.339 e. The third-order valence-corrected chi connectivity index (χ3v) is 2.48. The van der Waals surface area contributed by atoms with E-state index in [0.29, 0.717) is 24.7 Å². The quantitative estimate of drug-likeness (QED) is 0.846. The minimum atomic E-state index is 0.147. The molecule has 0 saturated carbocycles. The van der Waals surface area contributed by atoms with Gasteiger partial charge in [-0.3, -0.25) is 0 Å². The van der Waals surface area contributed by atoms with Gasteiger partial charge in [-0.15, -0.1) is 0 Å². The van der Waals surface area contributed by atoms with Crippen LogP contribution in [-0.4, -0.2) is 16.7 Å². The zero-order valence-electron chi connectivity index (χ0n) is 9.26. The van der Waals surface area contributed by atoms with E-state index in [4.69, 9.17) is 10.3 Å². The Morgan fingerprint density at radius 1 is 1.31 bits per heavy atom. The first kappa shape index (κ1) is 10.8. The van der Waals surface area contributed by atoms with Gasteiger partial charge in [0, 0.05) is 12.5 Å². The fourth-order valence-corrected chi connectivity index (χ4v) is 1.42. The third-order valence-electron chi connectivity index (χ3n) is 2.48. The molecule has 1 aromatic heterocycles. The Hall–Kier alpha value is -1.68. The summed E-state index contributed by atoms with van der Waals surface area (Å²) in [6, 6.07) is 10.1. The number of nitrogens with two attached hydrogens (primary N) is 1. The predicted octanol–water partition coefficient (Wildman–Crippen LogP) is 1.72. The molecule has 4 nitrogen and oxygen atoms in total. The molecule has 0 aliphatic heterocycles. The molecule has 0 saturated heterocycles. The first-order valence-electron chi connectivity index (χ1n) is 5.36. The third kappa shape index (κ3) is 2.46. The normalized spacial score (nSPS) is 12.6. The molecule has 0 aliphatic carbocycles. The Morgan fingerprint density at radius 2 is 2.06 bits per heavy atom. The molecule has 0 bridgehead atoms. The molecule has 2 N–H and O–H groups in total. The second kappa shape index (κ2) is 4.90. The van der Waals surface area contributed by atoms with Crippen molar-refractivity contribution in [2.45, 2.75) is 19.3 Å². The van der Waals surface area contributed by atoms with Gasteiger partial charge in [-0.1, -0.05) is 42.4 Å². The van der Waals surface area contributed by atoms with Gasteiger partial charge in [0.25, 0.3) is 0 Å². The van der Waals surface area contributed by atoms with Crippen molar-refractivity contribution in [1.29, 1.82) is 0 Å². The zero-order chi connectivity index (χ0) is 11.4. The molecular weight excluding hydrogens is 202 g/mol. The van der Waals surface area contributed by atoms with Crippen molar-refractivity contribution >= 4 is 0 Å². The maximum Gasteiger partial charge on any atom is 0.231 e. The van der Waals surface area contributed by atoms with Crippen LogP contribution in [0.15, 0.2) is 34.9 Å². The molecule has 1 atom stereocenters. The molecule has 4 heteroatoms. The van der Waals surface area contributed by atoms with Crippen LogP contribution >= 0.6 is 0 Å². The standard InChI is InChI=1S/C12H15N3O/c1-9(8-13)12-14-11(16-15-12)7-10-5-3-2-4-6-10/h2-6,9H,7-8,13H2,1H3. The SMILES string of the molecule is CC(CN)c1noc(Cc2ccccc2)n1. The Bertz CT molecular complexity index is 439. The Morgan fingerprint density at radius 3 is 2.75 bits per heavy atom. The van der Waals surface area contributed by atoms with E-state index in [1.807, 2.05) is 37.3 Å². The highest BCUT2D eigenvalue weighted by Crippen LogP contribution is 2.12. The highest BCUT2D eigenvalue weighted by atomic mass is 16.5. The van der Waals surface area contributed by atoms with Crippen LogP contribution in [-0.2, 0) is 6.42 Å². The lowest BCUT2D eigenvalue weighted by Gasteiger charge is -1.99. The summed E-state index contributed by atoms with van der Waals surface area (Å²) in [6.45, 7) is 2.52. The van der Waals surface area contributed by atoms with Gasteiger partial charge in [0.05, 0.1) is 6.42 Å². The average molecular weight is 217 g/mol. The van der Waals surface area contributed by atoms with Crippen LogP contribution in [0.5, 0.6) is 0 Å². The van der Waals surface area contributed by atoms with Crippen molar-refractivity contribution in [3.05, 3.63) is 47.6 Å². The van der Waals surface area contributed by atoms with Gasteiger partial charge < -0.3 is 10.3 Å². The fraction of sp³-hybridized carbons (Fsp3) is 0.333. The van der Waals surface area contributed by atoms with Gasteiger partial charge in [-0.25, -0.2) is 0 Å². The van der Waals surface area contributed by atoms with Gasteiger partial charge >= 0.3 is 0 Å². The topological polar surface area (TPSA) is 64.9 Å². The lowest BCUT2D eigenvalue weighted by Crippen LogP contribution is -2.10. The molecule has 84 valence electrons. The number of rotatable bonds is 4. The monoisotopic (exact) mass is 217 g/mol. The van der Waals surface area contributed by atoms with E-state index in [-0.39, 0.29) is 5.92 Å².